The van der Waals surface area contributed by atoms with E-state index in [2.05, 4.69) is 6.92 Å². The van der Waals surface area contributed by atoms with E-state index in [1.807, 2.05) is 30.4 Å². The van der Waals surface area contributed by atoms with Gasteiger partial charge in [-0.1, -0.05) is 11.6 Å². The molecular formula is C6H9ClS2. The predicted octanol–water partition coefficient (Wildman–Crippen LogP) is 3.28. The van der Waals surface area contributed by atoms with Gasteiger partial charge in [0.1, 0.15) is 0 Å². The second-order valence-electron chi connectivity index (χ2n) is 2.24. The molecule has 0 N–H and O–H groups in total. The number of hydrogen-bond donors (Lipinski definition) is 0. The van der Waals surface area contributed by atoms with E-state index in [-0.39, 0.29) is 0 Å². The minimum atomic E-state index is 0.454. The van der Waals surface area contributed by atoms with Crippen LogP contribution in [-0.4, -0.2) is 9.83 Å². The molecule has 3 heteroatoms. The summed E-state index contributed by atoms with van der Waals surface area (Å²) in [6, 6.07) is 0. The Morgan fingerprint density at radius 1 is 1.89 bits per heavy atom. The number of rotatable bonds is 2. The van der Waals surface area contributed by atoms with Crippen molar-refractivity contribution < 1.29 is 0 Å². The van der Waals surface area contributed by atoms with Crippen molar-refractivity contribution in [2.75, 3.05) is 5.75 Å². The molecule has 1 atom stereocenters. The molecule has 0 aliphatic carbocycles. The van der Waals surface area contributed by atoms with E-state index in [4.69, 9.17) is 11.6 Å². The zero-order valence-corrected chi connectivity index (χ0v) is 7.87. The molecule has 1 rings (SSSR count). The van der Waals surface area contributed by atoms with Crippen molar-refractivity contribution >= 4 is 35.1 Å². The van der Waals surface area contributed by atoms with Crippen LogP contribution in [0.5, 0.6) is 0 Å². The van der Waals surface area contributed by atoms with E-state index in [0.717, 1.165) is 0 Å². The molecule has 1 unspecified atom stereocenters. The highest BCUT2D eigenvalue weighted by molar-refractivity contribution is 8.26. The van der Waals surface area contributed by atoms with Crippen LogP contribution in [0.25, 0.3) is 0 Å². The van der Waals surface area contributed by atoms with Gasteiger partial charge >= 0.3 is 0 Å². The van der Waals surface area contributed by atoms with Crippen LogP contribution < -0.4 is 0 Å². The highest BCUT2D eigenvalue weighted by Gasteiger charge is 2.39. The van der Waals surface area contributed by atoms with Crippen molar-refractivity contribution in [3.63, 3.8) is 0 Å². The number of allylic oxidation sites excluding steroid dienone is 1. The zero-order valence-electron chi connectivity index (χ0n) is 5.48. The Labute approximate surface area is 69.4 Å². The Kier molecular flexibility index (Phi) is 2.41. The number of thioether (sulfide) groups is 2. The maximum absolute atomic E-state index is 5.49. The molecule has 0 radical (unpaired) electrons. The minimum Gasteiger partial charge on any atom is -0.141 e. The summed E-state index contributed by atoms with van der Waals surface area (Å²) in [5, 5.41) is 0. The van der Waals surface area contributed by atoms with E-state index < -0.39 is 0 Å². The van der Waals surface area contributed by atoms with Gasteiger partial charge in [-0.25, -0.2) is 0 Å². The van der Waals surface area contributed by atoms with Gasteiger partial charge in [0.25, 0.3) is 0 Å². The van der Waals surface area contributed by atoms with Gasteiger partial charge in [0.15, 0.2) is 0 Å². The van der Waals surface area contributed by atoms with Crippen LogP contribution in [0.3, 0.4) is 0 Å². The van der Waals surface area contributed by atoms with Crippen molar-refractivity contribution in [3.8, 4) is 0 Å². The van der Waals surface area contributed by atoms with Crippen molar-refractivity contribution in [2.45, 2.75) is 17.9 Å². The minimum absolute atomic E-state index is 0.454. The first-order valence-corrected chi connectivity index (χ1v) is 5.00. The van der Waals surface area contributed by atoms with Gasteiger partial charge in [-0.3, -0.25) is 0 Å². The predicted molar refractivity (Wildman–Crippen MR) is 48.1 cm³/mol. The fourth-order valence-electron chi connectivity index (χ4n) is 0.523. The molecule has 0 amide bonds. The van der Waals surface area contributed by atoms with E-state index >= 15 is 0 Å². The Morgan fingerprint density at radius 3 is 2.78 bits per heavy atom. The second kappa shape index (κ2) is 2.77. The quantitative estimate of drug-likeness (QED) is 0.599. The summed E-state index contributed by atoms with van der Waals surface area (Å²) in [7, 11) is 0. The summed E-state index contributed by atoms with van der Waals surface area (Å²) < 4.78 is 0.454. The Hall–Kier alpha value is 0.730. The monoisotopic (exact) mass is 180 g/mol. The standard InChI is InChI=1S/C6H9ClS2/c1-5(3-7)9-6(2)4-8-6/h3H,4H2,1-2H3/b5-3+. The molecule has 0 bridgehead atoms. The lowest BCUT2D eigenvalue weighted by molar-refractivity contribution is 1.16. The molecule has 1 saturated heterocycles. The molecule has 1 heterocycles. The summed E-state index contributed by atoms with van der Waals surface area (Å²) in [5.41, 5.74) is 1.65. The average molecular weight is 181 g/mol. The van der Waals surface area contributed by atoms with Crippen LogP contribution in [0.1, 0.15) is 13.8 Å². The van der Waals surface area contributed by atoms with Crippen molar-refractivity contribution in [3.05, 3.63) is 10.4 Å². The molecule has 0 spiro atoms. The first-order chi connectivity index (χ1) is 4.16. The van der Waals surface area contributed by atoms with Crippen LogP contribution in [0.2, 0.25) is 0 Å². The van der Waals surface area contributed by atoms with E-state index in [1.54, 1.807) is 5.54 Å². The van der Waals surface area contributed by atoms with Crippen molar-refractivity contribution in [1.82, 2.24) is 0 Å². The normalized spacial score (nSPS) is 34.8. The Bertz CT molecular complexity index is 138. The summed E-state index contributed by atoms with van der Waals surface area (Å²) in [4.78, 5) is 1.21. The van der Waals surface area contributed by atoms with Crippen LogP contribution in [0, 0.1) is 0 Å². The van der Waals surface area contributed by atoms with Gasteiger partial charge in [0, 0.05) is 11.3 Å². The lowest BCUT2D eigenvalue weighted by atomic mass is 10.6. The number of halogens is 1. The summed E-state index contributed by atoms with van der Waals surface area (Å²) in [6.45, 7) is 4.29. The summed E-state index contributed by atoms with van der Waals surface area (Å²) in [5.74, 6) is 1.26. The summed E-state index contributed by atoms with van der Waals surface area (Å²) >= 11 is 9.33. The third-order valence-corrected chi connectivity index (χ3v) is 4.47. The van der Waals surface area contributed by atoms with Gasteiger partial charge in [0.05, 0.1) is 4.08 Å². The largest absolute Gasteiger partial charge is 0.141 e. The fraction of sp³-hybridized carbons (Fsp3) is 0.667. The molecule has 52 valence electrons. The fourth-order valence-corrected chi connectivity index (χ4v) is 2.63. The maximum atomic E-state index is 5.49. The molecule has 1 aliphatic rings. The highest BCUT2D eigenvalue weighted by atomic mass is 35.5. The first-order valence-electron chi connectivity index (χ1n) is 2.76. The second-order valence-corrected chi connectivity index (χ2v) is 5.95. The van der Waals surface area contributed by atoms with Gasteiger partial charge in [-0.15, -0.1) is 23.5 Å². The molecule has 0 aromatic heterocycles. The molecule has 0 saturated carbocycles. The van der Waals surface area contributed by atoms with Gasteiger partial charge in [0.2, 0.25) is 0 Å². The molecule has 0 nitrogen and oxygen atoms in total. The van der Waals surface area contributed by atoms with Gasteiger partial charge in [-0.05, 0) is 18.8 Å². The van der Waals surface area contributed by atoms with E-state index in [1.165, 1.54) is 10.7 Å². The third-order valence-electron chi connectivity index (χ3n) is 1.08. The summed E-state index contributed by atoms with van der Waals surface area (Å²) in [6.07, 6.45) is 0. The molecule has 9 heavy (non-hydrogen) atoms. The molecule has 1 aliphatic heterocycles. The van der Waals surface area contributed by atoms with Crippen LogP contribution >= 0.6 is 35.1 Å². The molecule has 0 aromatic carbocycles. The third kappa shape index (κ3) is 2.44. The topological polar surface area (TPSA) is 0 Å². The van der Waals surface area contributed by atoms with Crippen molar-refractivity contribution in [1.29, 1.82) is 0 Å². The molecule has 1 fully saturated rings. The highest BCUT2D eigenvalue weighted by Crippen LogP contribution is 2.55. The van der Waals surface area contributed by atoms with Gasteiger partial charge in [-0.2, -0.15) is 0 Å². The smallest absolute Gasteiger partial charge is 0.0718 e. The van der Waals surface area contributed by atoms with Crippen LogP contribution in [0.15, 0.2) is 10.4 Å². The lowest BCUT2D eigenvalue weighted by Gasteiger charge is -2.03. The van der Waals surface area contributed by atoms with Crippen molar-refractivity contribution in [2.24, 2.45) is 0 Å². The van der Waals surface area contributed by atoms with E-state index in [9.17, 15) is 0 Å². The first kappa shape index (κ1) is 7.83. The van der Waals surface area contributed by atoms with E-state index in [0.29, 0.717) is 4.08 Å². The zero-order chi connectivity index (χ0) is 6.91. The maximum Gasteiger partial charge on any atom is 0.0718 e. The Morgan fingerprint density at radius 2 is 2.44 bits per heavy atom. The molecule has 0 aromatic rings. The lowest BCUT2D eigenvalue weighted by Crippen LogP contribution is -1.92. The Balaban J connectivity index is 2.33. The molecular weight excluding hydrogens is 172 g/mol. The van der Waals surface area contributed by atoms with Crippen LogP contribution in [-0.2, 0) is 0 Å². The number of hydrogen-bond acceptors (Lipinski definition) is 2. The SMILES string of the molecule is C/C(=C\Cl)SC1(C)CS1. The van der Waals surface area contributed by atoms with Gasteiger partial charge < -0.3 is 0 Å². The van der Waals surface area contributed by atoms with Crippen LogP contribution in [0.4, 0.5) is 0 Å². The average Bonchev–Trinajstić information content (AvgIpc) is 2.48.